The monoisotopic (exact) mass is 290 g/mol. The van der Waals surface area contributed by atoms with Gasteiger partial charge in [-0.15, -0.1) is 0 Å². The van der Waals surface area contributed by atoms with E-state index in [4.69, 9.17) is 5.11 Å². The molecule has 1 aliphatic heterocycles. The number of carboxylic acid groups (broad SMARTS) is 1. The van der Waals surface area contributed by atoms with Gasteiger partial charge in [0.15, 0.2) is 0 Å². The van der Waals surface area contributed by atoms with Crippen molar-refractivity contribution in [3.63, 3.8) is 0 Å². The van der Waals surface area contributed by atoms with Crippen LogP contribution < -0.4 is 5.32 Å². The van der Waals surface area contributed by atoms with Gasteiger partial charge < -0.3 is 15.3 Å². The summed E-state index contributed by atoms with van der Waals surface area (Å²) in [6.07, 6.45) is 2.80. The molecular weight excluding hydrogens is 264 g/mol. The lowest BCUT2D eigenvalue weighted by Gasteiger charge is -2.20. The lowest BCUT2D eigenvalue weighted by atomic mass is 10.1. The number of aliphatic carboxylic acids is 1. The number of nitrogens with zero attached hydrogens (tertiary/aromatic N) is 1. The van der Waals surface area contributed by atoms with Crippen molar-refractivity contribution in [2.75, 3.05) is 26.2 Å². The topological polar surface area (TPSA) is 52.6 Å². The first kappa shape index (κ1) is 16.0. The summed E-state index contributed by atoms with van der Waals surface area (Å²) in [5, 5.41) is 12.2. The molecule has 1 heterocycles. The molecule has 1 saturated heterocycles. The summed E-state index contributed by atoms with van der Waals surface area (Å²) < 4.78 is 0. The minimum Gasteiger partial charge on any atom is -0.481 e. The standard InChI is InChI=1S/C17H26N2O2/c1-14(13-19-8-2-3-9-19)11-18-12-16-6-4-15(5-7-16)10-17(20)21/h4-7,14,18H,2-3,8-13H2,1H3,(H,20,21). The molecule has 4 heteroatoms. The van der Waals surface area contributed by atoms with E-state index in [2.05, 4.69) is 17.1 Å². The van der Waals surface area contributed by atoms with E-state index in [1.54, 1.807) is 0 Å². The van der Waals surface area contributed by atoms with Gasteiger partial charge >= 0.3 is 5.97 Å². The molecule has 1 atom stereocenters. The van der Waals surface area contributed by atoms with Crippen LogP contribution in [0.2, 0.25) is 0 Å². The molecule has 0 bridgehead atoms. The summed E-state index contributed by atoms with van der Waals surface area (Å²) in [7, 11) is 0. The molecule has 2 rings (SSSR count). The Morgan fingerprint density at radius 2 is 1.86 bits per heavy atom. The van der Waals surface area contributed by atoms with Crippen molar-refractivity contribution < 1.29 is 9.90 Å². The fourth-order valence-corrected chi connectivity index (χ4v) is 2.88. The van der Waals surface area contributed by atoms with Crippen LogP contribution in [0.5, 0.6) is 0 Å². The van der Waals surface area contributed by atoms with Gasteiger partial charge in [0.25, 0.3) is 0 Å². The second kappa shape index (κ2) is 8.15. The van der Waals surface area contributed by atoms with Gasteiger partial charge in [-0.25, -0.2) is 0 Å². The van der Waals surface area contributed by atoms with Crippen LogP contribution >= 0.6 is 0 Å². The van der Waals surface area contributed by atoms with E-state index in [-0.39, 0.29) is 6.42 Å². The third-order valence-electron chi connectivity index (χ3n) is 3.97. The van der Waals surface area contributed by atoms with Crippen LogP contribution in [-0.4, -0.2) is 42.2 Å². The maximum Gasteiger partial charge on any atom is 0.307 e. The third kappa shape index (κ3) is 5.86. The van der Waals surface area contributed by atoms with Crippen LogP contribution in [0.4, 0.5) is 0 Å². The minimum absolute atomic E-state index is 0.0978. The Morgan fingerprint density at radius 3 is 2.48 bits per heavy atom. The molecule has 1 unspecified atom stereocenters. The highest BCUT2D eigenvalue weighted by Crippen LogP contribution is 2.10. The van der Waals surface area contributed by atoms with Crippen molar-refractivity contribution in [1.29, 1.82) is 0 Å². The summed E-state index contributed by atoms with van der Waals surface area (Å²) in [4.78, 5) is 13.2. The van der Waals surface area contributed by atoms with Crippen LogP contribution in [0.3, 0.4) is 0 Å². The Morgan fingerprint density at radius 1 is 1.24 bits per heavy atom. The SMILES string of the molecule is CC(CNCc1ccc(CC(=O)O)cc1)CN1CCCC1. The van der Waals surface area contributed by atoms with Crippen LogP contribution in [-0.2, 0) is 17.8 Å². The average molecular weight is 290 g/mol. The van der Waals surface area contributed by atoms with Crippen molar-refractivity contribution in [3.05, 3.63) is 35.4 Å². The maximum absolute atomic E-state index is 10.6. The van der Waals surface area contributed by atoms with Crippen molar-refractivity contribution in [1.82, 2.24) is 10.2 Å². The largest absolute Gasteiger partial charge is 0.481 e. The molecule has 0 amide bonds. The number of likely N-dealkylation sites (tertiary alicyclic amines) is 1. The van der Waals surface area contributed by atoms with E-state index in [9.17, 15) is 4.79 Å². The van der Waals surface area contributed by atoms with Gasteiger partial charge in [0.2, 0.25) is 0 Å². The third-order valence-corrected chi connectivity index (χ3v) is 3.97. The highest BCUT2D eigenvalue weighted by molar-refractivity contribution is 5.70. The fourth-order valence-electron chi connectivity index (χ4n) is 2.88. The molecule has 1 aliphatic rings. The average Bonchev–Trinajstić information content (AvgIpc) is 2.93. The molecule has 0 aromatic heterocycles. The molecule has 0 saturated carbocycles. The highest BCUT2D eigenvalue weighted by Gasteiger charge is 2.14. The molecule has 116 valence electrons. The Kier molecular flexibility index (Phi) is 6.21. The van der Waals surface area contributed by atoms with E-state index in [1.165, 1.54) is 38.0 Å². The van der Waals surface area contributed by atoms with Crippen molar-refractivity contribution in [2.45, 2.75) is 32.7 Å². The molecule has 1 aromatic rings. The number of carbonyl (C=O) groups is 1. The van der Waals surface area contributed by atoms with E-state index in [0.29, 0.717) is 5.92 Å². The molecule has 1 fully saturated rings. The number of carboxylic acids is 1. The zero-order valence-electron chi connectivity index (χ0n) is 12.8. The smallest absolute Gasteiger partial charge is 0.307 e. The summed E-state index contributed by atoms with van der Waals surface area (Å²) in [5.74, 6) is -0.119. The Bertz CT molecular complexity index is 439. The zero-order valence-corrected chi connectivity index (χ0v) is 12.8. The van der Waals surface area contributed by atoms with Gasteiger partial charge in [0.1, 0.15) is 0 Å². The van der Waals surface area contributed by atoms with Crippen LogP contribution in [0, 0.1) is 5.92 Å². The van der Waals surface area contributed by atoms with Gasteiger partial charge in [-0.3, -0.25) is 4.79 Å². The van der Waals surface area contributed by atoms with Gasteiger partial charge in [-0.1, -0.05) is 31.2 Å². The van der Waals surface area contributed by atoms with E-state index < -0.39 is 5.97 Å². The predicted molar refractivity (Wildman–Crippen MR) is 84.3 cm³/mol. The lowest BCUT2D eigenvalue weighted by Crippen LogP contribution is -2.31. The Labute approximate surface area is 127 Å². The summed E-state index contributed by atoms with van der Waals surface area (Å²) >= 11 is 0. The van der Waals surface area contributed by atoms with Crippen LogP contribution in [0.25, 0.3) is 0 Å². The zero-order chi connectivity index (χ0) is 15.1. The first-order valence-corrected chi connectivity index (χ1v) is 7.86. The molecule has 0 radical (unpaired) electrons. The minimum atomic E-state index is -0.781. The maximum atomic E-state index is 10.6. The van der Waals surface area contributed by atoms with Crippen molar-refractivity contribution >= 4 is 5.97 Å². The highest BCUT2D eigenvalue weighted by atomic mass is 16.4. The van der Waals surface area contributed by atoms with Crippen molar-refractivity contribution in [2.24, 2.45) is 5.92 Å². The van der Waals surface area contributed by atoms with E-state index in [1.807, 2.05) is 24.3 Å². The molecule has 1 aromatic carbocycles. The Hall–Kier alpha value is -1.39. The van der Waals surface area contributed by atoms with Crippen LogP contribution in [0.1, 0.15) is 30.9 Å². The van der Waals surface area contributed by atoms with E-state index >= 15 is 0 Å². The van der Waals surface area contributed by atoms with Crippen molar-refractivity contribution in [3.8, 4) is 0 Å². The molecule has 21 heavy (non-hydrogen) atoms. The van der Waals surface area contributed by atoms with Gasteiger partial charge in [-0.2, -0.15) is 0 Å². The summed E-state index contributed by atoms with van der Waals surface area (Å²) in [6, 6.07) is 7.82. The molecule has 0 aliphatic carbocycles. The molecule has 4 nitrogen and oxygen atoms in total. The van der Waals surface area contributed by atoms with Gasteiger partial charge in [-0.05, 0) is 49.5 Å². The second-order valence-electron chi connectivity index (χ2n) is 6.13. The number of rotatable bonds is 8. The lowest BCUT2D eigenvalue weighted by molar-refractivity contribution is -0.136. The quantitative estimate of drug-likeness (QED) is 0.770. The molecule has 0 spiro atoms. The first-order valence-electron chi connectivity index (χ1n) is 7.86. The number of hydrogen-bond acceptors (Lipinski definition) is 3. The predicted octanol–water partition coefficient (Wildman–Crippen LogP) is 2.14. The number of nitrogens with one attached hydrogen (secondary N) is 1. The van der Waals surface area contributed by atoms with Gasteiger partial charge in [0, 0.05) is 13.1 Å². The summed E-state index contributed by atoms with van der Waals surface area (Å²) in [6.45, 7) is 7.86. The number of benzene rings is 1. The second-order valence-corrected chi connectivity index (χ2v) is 6.13. The number of hydrogen-bond donors (Lipinski definition) is 2. The normalized spacial score (nSPS) is 17.0. The summed E-state index contributed by atoms with van der Waals surface area (Å²) in [5.41, 5.74) is 2.06. The molecular formula is C17H26N2O2. The fraction of sp³-hybridized carbons (Fsp3) is 0.588. The first-order chi connectivity index (χ1) is 10.1. The van der Waals surface area contributed by atoms with Crippen LogP contribution in [0.15, 0.2) is 24.3 Å². The van der Waals surface area contributed by atoms with Gasteiger partial charge in [0.05, 0.1) is 6.42 Å². The van der Waals surface area contributed by atoms with E-state index in [0.717, 1.165) is 18.7 Å². The Balaban J connectivity index is 1.66. The molecule has 2 N–H and O–H groups in total.